The van der Waals surface area contributed by atoms with Gasteiger partial charge in [-0.3, -0.25) is 9.69 Å². The van der Waals surface area contributed by atoms with Crippen molar-refractivity contribution in [3.63, 3.8) is 0 Å². The highest BCUT2D eigenvalue weighted by molar-refractivity contribution is 5.66. The molecule has 0 spiro atoms. The number of likely N-dealkylation sites (tertiary alicyclic amines) is 1. The Bertz CT molecular complexity index is 1290. The van der Waals surface area contributed by atoms with Gasteiger partial charge in [-0.2, -0.15) is 18.3 Å². The van der Waals surface area contributed by atoms with Crippen molar-refractivity contribution < 1.29 is 22.7 Å². The minimum absolute atomic E-state index is 0.310. The van der Waals surface area contributed by atoms with Crippen LogP contribution >= 0.6 is 0 Å². The average molecular weight is 508 g/mol. The highest BCUT2D eigenvalue weighted by atomic mass is 19.4. The smallest absolute Gasteiger partial charge is 0.416 e. The van der Waals surface area contributed by atoms with E-state index in [0.29, 0.717) is 30.5 Å². The lowest BCUT2D eigenvalue weighted by atomic mass is 9.89. The van der Waals surface area contributed by atoms with Gasteiger partial charge in [0.1, 0.15) is 6.10 Å². The molecule has 1 aliphatic heterocycles. The standard InChI is InChI=1S/C29H28F3N3O2/c1-20(2)5-14-27(22-8-12-25(13-9-22)35-17-4-16-33-35)34-18-15-26(37-21(3)36)19-28(34)23-6-10-24(11-7-23)29(30,31)32/h4,6-13,16-17,26-28H,1,15,18-19H2,2-3H3/t26-,27-,28+/m1/s1. The molecule has 2 aromatic carbocycles. The molecular formula is C29H28F3N3O2. The molecule has 0 amide bonds. The van der Waals surface area contributed by atoms with Crippen molar-refractivity contribution in [1.29, 1.82) is 0 Å². The Labute approximate surface area is 214 Å². The van der Waals surface area contributed by atoms with Crippen LogP contribution in [0.25, 0.3) is 5.69 Å². The lowest BCUT2D eigenvalue weighted by molar-refractivity contribution is -0.150. The maximum absolute atomic E-state index is 13.2. The predicted molar refractivity (Wildman–Crippen MR) is 135 cm³/mol. The van der Waals surface area contributed by atoms with E-state index in [1.807, 2.05) is 43.5 Å². The second-order valence-electron chi connectivity index (χ2n) is 9.12. The Morgan fingerprint density at radius 3 is 2.41 bits per heavy atom. The highest BCUT2D eigenvalue weighted by Crippen LogP contribution is 2.40. The van der Waals surface area contributed by atoms with Crippen molar-refractivity contribution in [2.45, 2.75) is 51.1 Å². The fourth-order valence-electron chi connectivity index (χ4n) is 4.60. The lowest BCUT2D eigenvalue weighted by Crippen LogP contribution is -2.42. The van der Waals surface area contributed by atoms with Crippen LogP contribution in [-0.2, 0) is 15.7 Å². The van der Waals surface area contributed by atoms with E-state index >= 15 is 0 Å². The summed E-state index contributed by atoms with van der Waals surface area (Å²) >= 11 is 0. The molecule has 1 aromatic heterocycles. The van der Waals surface area contributed by atoms with Gasteiger partial charge in [0, 0.05) is 38.3 Å². The number of benzene rings is 2. The fourth-order valence-corrected chi connectivity index (χ4v) is 4.60. The number of hydrogen-bond donors (Lipinski definition) is 0. The highest BCUT2D eigenvalue weighted by Gasteiger charge is 2.36. The predicted octanol–water partition coefficient (Wildman–Crippen LogP) is 6.28. The van der Waals surface area contributed by atoms with Crippen LogP contribution in [0, 0.1) is 11.8 Å². The zero-order valence-electron chi connectivity index (χ0n) is 20.7. The van der Waals surface area contributed by atoms with Crippen LogP contribution in [0.2, 0.25) is 0 Å². The zero-order valence-corrected chi connectivity index (χ0v) is 20.7. The summed E-state index contributed by atoms with van der Waals surface area (Å²) in [6, 6.07) is 14.2. The number of esters is 1. The van der Waals surface area contributed by atoms with Gasteiger partial charge in [-0.25, -0.2) is 4.68 Å². The van der Waals surface area contributed by atoms with Crippen molar-refractivity contribution in [3.8, 4) is 17.5 Å². The Kier molecular flexibility index (Phi) is 7.84. The molecule has 0 radical (unpaired) electrons. The molecule has 1 aliphatic rings. The van der Waals surface area contributed by atoms with Crippen molar-refractivity contribution >= 4 is 5.97 Å². The first kappa shape index (κ1) is 26.2. The number of nitrogens with zero attached hydrogens (tertiary/aromatic N) is 3. The fraction of sp³-hybridized carbons (Fsp3) is 0.310. The second-order valence-corrected chi connectivity index (χ2v) is 9.12. The second kappa shape index (κ2) is 11.1. The molecule has 0 saturated carbocycles. The van der Waals surface area contributed by atoms with Gasteiger partial charge in [0.25, 0.3) is 0 Å². The van der Waals surface area contributed by atoms with Gasteiger partial charge >= 0.3 is 12.1 Å². The van der Waals surface area contributed by atoms with E-state index in [-0.39, 0.29) is 24.2 Å². The maximum atomic E-state index is 13.2. The van der Waals surface area contributed by atoms with Crippen LogP contribution in [-0.4, -0.2) is 33.3 Å². The molecule has 0 N–H and O–H groups in total. The zero-order chi connectivity index (χ0) is 26.6. The molecule has 1 fully saturated rings. The quantitative estimate of drug-likeness (QED) is 0.301. The van der Waals surface area contributed by atoms with Gasteiger partial charge in [0.05, 0.1) is 17.3 Å². The minimum Gasteiger partial charge on any atom is -0.462 e. The van der Waals surface area contributed by atoms with E-state index < -0.39 is 11.7 Å². The topological polar surface area (TPSA) is 47.4 Å². The molecule has 2 heterocycles. The normalized spacial score (nSPS) is 18.9. The van der Waals surface area contributed by atoms with E-state index in [1.165, 1.54) is 19.1 Å². The van der Waals surface area contributed by atoms with Gasteiger partial charge in [-0.15, -0.1) is 0 Å². The van der Waals surface area contributed by atoms with Gasteiger partial charge in [-0.1, -0.05) is 42.7 Å². The van der Waals surface area contributed by atoms with Crippen molar-refractivity contribution in [1.82, 2.24) is 14.7 Å². The first-order valence-corrected chi connectivity index (χ1v) is 12.0. The number of hydrogen-bond acceptors (Lipinski definition) is 4. The van der Waals surface area contributed by atoms with Gasteiger partial charge in [0.15, 0.2) is 0 Å². The number of alkyl halides is 3. The number of carbonyl (C=O) groups excluding carboxylic acids is 1. The number of halogens is 3. The molecular weight excluding hydrogens is 479 g/mol. The molecule has 0 bridgehead atoms. The van der Waals surface area contributed by atoms with E-state index in [2.05, 4.69) is 28.4 Å². The number of allylic oxidation sites excluding steroid dienone is 1. The number of ether oxygens (including phenoxy) is 1. The molecule has 3 atom stereocenters. The summed E-state index contributed by atoms with van der Waals surface area (Å²) in [5.41, 5.74) is 2.54. The third-order valence-electron chi connectivity index (χ3n) is 6.28. The summed E-state index contributed by atoms with van der Waals surface area (Å²) < 4.78 is 46.9. The third-order valence-corrected chi connectivity index (χ3v) is 6.28. The Hall–Kier alpha value is -3.83. The van der Waals surface area contributed by atoms with E-state index in [9.17, 15) is 18.0 Å². The van der Waals surface area contributed by atoms with Crippen LogP contribution < -0.4 is 0 Å². The largest absolute Gasteiger partial charge is 0.462 e. The van der Waals surface area contributed by atoms with Gasteiger partial charge < -0.3 is 4.74 Å². The summed E-state index contributed by atoms with van der Waals surface area (Å²) in [4.78, 5) is 13.8. The van der Waals surface area contributed by atoms with E-state index in [1.54, 1.807) is 10.9 Å². The average Bonchev–Trinajstić information content (AvgIpc) is 3.39. The number of aromatic nitrogens is 2. The van der Waals surface area contributed by atoms with E-state index in [4.69, 9.17) is 4.74 Å². The van der Waals surface area contributed by atoms with Crippen LogP contribution in [0.3, 0.4) is 0 Å². The molecule has 0 aliphatic carbocycles. The summed E-state index contributed by atoms with van der Waals surface area (Å²) in [6.07, 6.45) is -0.158. The van der Waals surface area contributed by atoms with Gasteiger partial charge in [-0.05, 0) is 60.4 Å². The van der Waals surface area contributed by atoms with Crippen LogP contribution in [0.1, 0.15) is 55.5 Å². The Balaban J connectivity index is 1.72. The summed E-state index contributed by atoms with van der Waals surface area (Å²) in [5, 5.41) is 4.26. The SMILES string of the molecule is C=C(C)C#C[C@H](c1ccc(-n2cccn2)cc1)N1CC[C@@H](OC(C)=O)C[C@H]1c1ccc(C(F)(F)F)cc1. The number of carbonyl (C=O) groups is 1. The van der Waals surface area contributed by atoms with Crippen LogP contribution in [0.4, 0.5) is 13.2 Å². The molecule has 4 rings (SSSR count). The number of piperidine rings is 1. The molecule has 192 valence electrons. The van der Waals surface area contributed by atoms with Crippen molar-refractivity contribution in [3.05, 3.63) is 95.8 Å². The third kappa shape index (κ3) is 6.49. The maximum Gasteiger partial charge on any atom is 0.416 e. The lowest BCUT2D eigenvalue weighted by Gasteiger charge is -2.42. The molecule has 0 unspecified atom stereocenters. The molecule has 1 saturated heterocycles. The monoisotopic (exact) mass is 507 g/mol. The minimum atomic E-state index is -4.42. The Morgan fingerprint density at radius 2 is 1.84 bits per heavy atom. The molecule has 5 nitrogen and oxygen atoms in total. The van der Waals surface area contributed by atoms with Crippen LogP contribution in [0.15, 0.2) is 79.1 Å². The van der Waals surface area contributed by atoms with Gasteiger partial charge in [0.2, 0.25) is 0 Å². The summed E-state index contributed by atoms with van der Waals surface area (Å²) in [6.45, 7) is 7.63. The Morgan fingerprint density at radius 1 is 1.14 bits per heavy atom. The van der Waals surface area contributed by atoms with Crippen molar-refractivity contribution in [2.75, 3.05) is 6.54 Å². The summed E-state index contributed by atoms with van der Waals surface area (Å²) in [5.74, 6) is 6.03. The van der Waals surface area contributed by atoms with E-state index in [0.717, 1.165) is 23.4 Å². The van der Waals surface area contributed by atoms with Crippen LogP contribution in [0.5, 0.6) is 0 Å². The molecule has 37 heavy (non-hydrogen) atoms. The van der Waals surface area contributed by atoms with Crippen molar-refractivity contribution in [2.24, 2.45) is 0 Å². The summed E-state index contributed by atoms with van der Waals surface area (Å²) in [7, 11) is 0. The molecule has 3 aromatic rings. The first-order valence-electron chi connectivity index (χ1n) is 12.0. The first-order chi connectivity index (χ1) is 17.6. The number of rotatable bonds is 5. The molecule has 8 heteroatoms.